The van der Waals surface area contributed by atoms with Gasteiger partial charge in [0.1, 0.15) is 5.75 Å². The Bertz CT molecular complexity index is 511. The van der Waals surface area contributed by atoms with Gasteiger partial charge in [-0.15, -0.1) is 0 Å². The third-order valence-electron chi connectivity index (χ3n) is 3.05. The highest BCUT2D eigenvalue weighted by molar-refractivity contribution is 5.39. The van der Waals surface area contributed by atoms with Crippen LogP contribution in [-0.4, -0.2) is 6.61 Å². The quantitative estimate of drug-likeness (QED) is 0.649. The van der Waals surface area contributed by atoms with Gasteiger partial charge in [-0.25, -0.2) is 0 Å². The van der Waals surface area contributed by atoms with E-state index in [4.69, 9.17) is 10.5 Å². The maximum Gasteiger partial charge on any atom is 0.119 e. The summed E-state index contributed by atoms with van der Waals surface area (Å²) in [5.74, 6) is 0.967. The molecule has 0 aromatic heterocycles. The number of rotatable bonds is 5. The average Bonchev–Trinajstić information content (AvgIpc) is 2.36. The Kier molecular flexibility index (Phi) is 4.45. The summed E-state index contributed by atoms with van der Waals surface area (Å²) in [7, 11) is 0. The number of anilines is 1. The molecule has 0 fully saturated rings. The summed E-state index contributed by atoms with van der Waals surface area (Å²) in [5.41, 5.74) is 10.3. The fourth-order valence-electron chi connectivity index (χ4n) is 2.17. The fourth-order valence-corrected chi connectivity index (χ4v) is 2.17. The highest BCUT2D eigenvalue weighted by Crippen LogP contribution is 2.16. The molecular formula is C17H21NO. The van der Waals surface area contributed by atoms with Crippen molar-refractivity contribution in [2.75, 3.05) is 12.3 Å². The van der Waals surface area contributed by atoms with Crippen LogP contribution in [0.15, 0.2) is 42.5 Å². The van der Waals surface area contributed by atoms with E-state index in [2.05, 4.69) is 44.2 Å². The van der Waals surface area contributed by atoms with Crippen molar-refractivity contribution in [2.24, 2.45) is 0 Å². The van der Waals surface area contributed by atoms with E-state index < -0.39 is 0 Å². The summed E-state index contributed by atoms with van der Waals surface area (Å²) in [4.78, 5) is 0. The molecular weight excluding hydrogens is 234 g/mol. The van der Waals surface area contributed by atoms with Crippen LogP contribution in [0.4, 0.5) is 5.69 Å². The molecule has 2 nitrogen and oxygen atoms in total. The molecule has 2 aromatic rings. The lowest BCUT2D eigenvalue weighted by atomic mass is 10.1. The number of hydrogen-bond acceptors (Lipinski definition) is 2. The standard InChI is InChI=1S/C17H21NO/c1-13-10-14(2)12-17(11-13)19-9-3-4-15-5-7-16(18)8-6-15/h5-8,10-12H,3-4,9,18H2,1-2H3. The van der Waals surface area contributed by atoms with Crippen LogP contribution in [0.25, 0.3) is 0 Å². The van der Waals surface area contributed by atoms with Gasteiger partial charge in [0.05, 0.1) is 6.61 Å². The third-order valence-corrected chi connectivity index (χ3v) is 3.05. The normalized spacial score (nSPS) is 10.4. The summed E-state index contributed by atoms with van der Waals surface area (Å²) in [6, 6.07) is 14.4. The van der Waals surface area contributed by atoms with Gasteiger partial charge in [-0.1, -0.05) is 18.2 Å². The van der Waals surface area contributed by atoms with E-state index in [9.17, 15) is 0 Å². The Morgan fingerprint density at radius 3 is 2.21 bits per heavy atom. The molecule has 0 unspecified atom stereocenters. The van der Waals surface area contributed by atoms with Gasteiger partial charge in [0.15, 0.2) is 0 Å². The number of benzene rings is 2. The van der Waals surface area contributed by atoms with Crippen molar-refractivity contribution in [1.82, 2.24) is 0 Å². The summed E-state index contributed by atoms with van der Waals surface area (Å²) in [6.45, 7) is 4.93. The van der Waals surface area contributed by atoms with Crippen LogP contribution in [-0.2, 0) is 6.42 Å². The minimum Gasteiger partial charge on any atom is -0.494 e. The first-order valence-electron chi connectivity index (χ1n) is 6.69. The van der Waals surface area contributed by atoms with Crippen molar-refractivity contribution in [2.45, 2.75) is 26.7 Å². The fraction of sp³-hybridized carbons (Fsp3) is 0.294. The molecule has 0 saturated carbocycles. The highest BCUT2D eigenvalue weighted by Gasteiger charge is 1.98. The van der Waals surface area contributed by atoms with Crippen LogP contribution >= 0.6 is 0 Å². The van der Waals surface area contributed by atoms with Crippen LogP contribution in [0, 0.1) is 13.8 Å². The summed E-state index contributed by atoms with van der Waals surface area (Å²) in [5, 5.41) is 0. The Morgan fingerprint density at radius 1 is 0.947 bits per heavy atom. The molecule has 0 atom stereocenters. The van der Waals surface area contributed by atoms with Gasteiger partial charge in [-0.2, -0.15) is 0 Å². The monoisotopic (exact) mass is 255 g/mol. The number of aryl methyl sites for hydroxylation is 3. The van der Waals surface area contributed by atoms with Crippen molar-refractivity contribution < 1.29 is 4.74 Å². The topological polar surface area (TPSA) is 35.2 Å². The molecule has 0 radical (unpaired) electrons. The Labute approximate surface area is 115 Å². The predicted molar refractivity (Wildman–Crippen MR) is 80.6 cm³/mol. The van der Waals surface area contributed by atoms with Crippen LogP contribution < -0.4 is 10.5 Å². The number of hydrogen-bond donors (Lipinski definition) is 1. The minimum atomic E-state index is 0.743. The zero-order valence-corrected chi connectivity index (χ0v) is 11.6. The molecule has 2 N–H and O–H groups in total. The number of nitrogens with two attached hydrogens (primary N) is 1. The first-order chi connectivity index (χ1) is 9.13. The van der Waals surface area contributed by atoms with E-state index in [1.807, 2.05) is 12.1 Å². The molecule has 0 saturated heterocycles. The van der Waals surface area contributed by atoms with Gasteiger partial charge in [-0.05, 0) is 67.6 Å². The molecule has 0 bridgehead atoms. The first-order valence-corrected chi connectivity index (χ1v) is 6.69. The first kappa shape index (κ1) is 13.5. The van der Waals surface area contributed by atoms with Crippen molar-refractivity contribution in [1.29, 1.82) is 0 Å². The van der Waals surface area contributed by atoms with Crippen molar-refractivity contribution >= 4 is 5.69 Å². The van der Waals surface area contributed by atoms with Gasteiger partial charge in [0.2, 0.25) is 0 Å². The lowest BCUT2D eigenvalue weighted by Crippen LogP contribution is -2.00. The van der Waals surface area contributed by atoms with Gasteiger partial charge in [-0.3, -0.25) is 0 Å². The molecule has 2 aromatic carbocycles. The second-order valence-corrected chi connectivity index (χ2v) is 5.02. The molecule has 2 rings (SSSR count). The van der Waals surface area contributed by atoms with Crippen LogP contribution in [0.3, 0.4) is 0 Å². The van der Waals surface area contributed by atoms with Crippen LogP contribution in [0.5, 0.6) is 5.75 Å². The molecule has 100 valence electrons. The molecule has 19 heavy (non-hydrogen) atoms. The van der Waals surface area contributed by atoms with E-state index in [0.29, 0.717) is 0 Å². The van der Waals surface area contributed by atoms with Crippen molar-refractivity contribution in [3.8, 4) is 5.75 Å². The smallest absolute Gasteiger partial charge is 0.119 e. The zero-order valence-electron chi connectivity index (χ0n) is 11.6. The van der Waals surface area contributed by atoms with Crippen LogP contribution in [0.2, 0.25) is 0 Å². The molecule has 0 aliphatic rings. The Hall–Kier alpha value is -1.96. The van der Waals surface area contributed by atoms with E-state index >= 15 is 0 Å². The van der Waals surface area contributed by atoms with E-state index in [0.717, 1.165) is 30.9 Å². The van der Waals surface area contributed by atoms with E-state index in [1.54, 1.807) is 0 Å². The van der Waals surface area contributed by atoms with Crippen molar-refractivity contribution in [3.63, 3.8) is 0 Å². The third kappa shape index (κ3) is 4.32. The molecule has 0 aliphatic carbocycles. The minimum absolute atomic E-state index is 0.743. The molecule has 0 spiro atoms. The average molecular weight is 255 g/mol. The van der Waals surface area contributed by atoms with Gasteiger partial charge >= 0.3 is 0 Å². The number of nitrogen functional groups attached to an aromatic ring is 1. The predicted octanol–water partition coefficient (Wildman–Crippen LogP) is 3.90. The summed E-state index contributed by atoms with van der Waals surface area (Å²) < 4.78 is 5.79. The highest BCUT2D eigenvalue weighted by atomic mass is 16.5. The van der Waals surface area contributed by atoms with Crippen LogP contribution in [0.1, 0.15) is 23.1 Å². The van der Waals surface area contributed by atoms with Gasteiger partial charge in [0, 0.05) is 5.69 Å². The molecule has 0 aliphatic heterocycles. The zero-order chi connectivity index (χ0) is 13.7. The Morgan fingerprint density at radius 2 is 1.58 bits per heavy atom. The van der Waals surface area contributed by atoms with Gasteiger partial charge in [0.25, 0.3) is 0 Å². The molecule has 0 amide bonds. The lowest BCUT2D eigenvalue weighted by Gasteiger charge is -2.08. The number of ether oxygens (including phenoxy) is 1. The van der Waals surface area contributed by atoms with Gasteiger partial charge < -0.3 is 10.5 Å². The second-order valence-electron chi connectivity index (χ2n) is 5.02. The molecule has 2 heteroatoms. The lowest BCUT2D eigenvalue weighted by molar-refractivity contribution is 0.310. The SMILES string of the molecule is Cc1cc(C)cc(OCCCc2ccc(N)cc2)c1. The summed E-state index contributed by atoms with van der Waals surface area (Å²) in [6.07, 6.45) is 2.03. The maximum absolute atomic E-state index is 5.79. The second kappa shape index (κ2) is 6.28. The van der Waals surface area contributed by atoms with E-state index in [-0.39, 0.29) is 0 Å². The summed E-state index contributed by atoms with van der Waals surface area (Å²) >= 11 is 0. The largest absolute Gasteiger partial charge is 0.494 e. The van der Waals surface area contributed by atoms with E-state index in [1.165, 1.54) is 16.7 Å². The maximum atomic E-state index is 5.79. The van der Waals surface area contributed by atoms with Crippen molar-refractivity contribution in [3.05, 3.63) is 59.2 Å². The molecule has 0 heterocycles. The Balaban J connectivity index is 1.79.